The van der Waals surface area contributed by atoms with E-state index in [0.717, 1.165) is 25.9 Å². The van der Waals surface area contributed by atoms with Gasteiger partial charge in [0.1, 0.15) is 0 Å². The van der Waals surface area contributed by atoms with Crippen molar-refractivity contribution in [1.29, 1.82) is 0 Å². The Labute approximate surface area is 117 Å². The van der Waals surface area contributed by atoms with Gasteiger partial charge < -0.3 is 15.4 Å². The third-order valence-electron chi connectivity index (χ3n) is 3.82. The molecule has 2 rings (SSSR count). The molecule has 0 bridgehead atoms. The lowest BCUT2D eigenvalue weighted by molar-refractivity contribution is -0.384. The lowest BCUT2D eigenvalue weighted by atomic mass is 9.91. The molecule has 0 radical (unpaired) electrons. The van der Waals surface area contributed by atoms with Crippen LogP contribution in [0, 0.1) is 16.0 Å². The summed E-state index contributed by atoms with van der Waals surface area (Å²) in [5, 5.41) is 11.1. The third-order valence-corrected chi connectivity index (χ3v) is 3.82. The molecule has 7 nitrogen and oxygen atoms in total. The fourth-order valence-corrected chi connectivity index (χ4v) is 2.55. The standard InChI is InChI=1S/C13H20N4O3/c1-9(14)10-5-7-16(8-6-10)13-11(17(18)19)3-4-12(15-13)20-2/h3-4,9-10H,5-8,14H2,1-2H3. The SMILES string of the molecule is COc1ccc([N+](=O)[O-])c(N2CCC(C(C)N)CC2)n1. The van der Waals surface area contributed by atoms with Gasteiger partial charge >= 0.3 is 5.69 Å². The van der Waals surface area contributed by atoms with Crippen LogP contribution in [0.4, 0.5) is 11.5 Å². The van der Waals surface area contributed by atoms with E-state index in [4.69, 9.17) is 10.5 Å². The minimum atomic E-state index is -0.403. The van der Waals surface area contributed by atoms with Crippen LogP contribution in [0.25, 0.3) is 0 Å². The normalized spacial score (nSPS) is 17.9. The molecule has 20 heavy (non-hydrogen) atoms. The van der Waals surface area contributed by atoms with Crippen LogP contribution in [-0.2, 0) is 0 Å². The van der Waals surface area contributed by atoms with E-state index in [0.29, 0.717) is 17.6 Å². The second kappa shape index (κ2) is 6.04. The number of nitro groups is 1. The number of aromatic nitrogens is 1. The molecule has 110 valence electrons. The minimum absolute atomic E-state index is 0.0186. The topological polar surface area (TPSA) is 94.5 Å². The summed E-state index contributed by atoms with van der Waals surface area (Å²) in [4.78, 5) is 16.9. The van der Waals surface area contributed by atoms with Crippen molar-refractivity contribution in [2.75, 3.05) is 25.1 Å². The van der Waals surface area contributed by atoms with Crippen LogP contribution in [0.5, 0.6) is 5.88 Å². The number of hydrogen-bond donors (Lipinski definition) is 1. The molecule has 2 N–H and O–H groups in total. The zero-order valence-electron chi connectivity index (χ0n) is 11.8. The molecule has 0 aliphatic carbocycles. The summed E-state index contributed by atoms with van der Waals surface area (Å²) >= 11 is 0. The highest BCUT2D eigenvalue weighted by atomic mass is 16.6. The first-order valence-electron chi connectivity index (χ1n) is 6.73. The fourth-order valence-electron chi connectivity index (χ4n) is 2.55. The maximum atomic E-state index is 11.1. The summed E-state index contributed by atoms with van der Waals surface area (Å²) in [5.41, 5.74) is 5.93. The average Bonchev–Trinajstić information content (AvgIpc) is 2.46. The van der Waals surface area contributed by atoms with Crippen molar-refractivity contribution in [3.63, 3.8) is 0 Å². The number of methoxy groups -OCH3 is 1. The minimum Gasteiger partial charge on any atom is -0.481 e. The lowest BCUT2D eigenvalue weighted by Crippen LogP contribution is -2.40. The van der Waals surface area contributed by atoms with Gasteiger partial charge in [-0.25, -0.2) is 0 Å². The fraction of sp³-hybridized carbons (Fsp3) is 0.615. The summed E-state index contributed by atoms with van der Waals surface area (Å²) in [5.74, 6) is 1.24. The molecule has 1 unspecified atom stereocenters. The van der Waals surface area contributed by atoms with Gasteiger partial charge in [0.2, 0.25) is 11.7 Å². The van der Waals surface area contributed by atoms with Gasteiger partial charge in [-0.15, -0.1) is 0 Å². The van der Waals surface area contributed by atoms with E-state index in [2.05, 4.69) is 4.98 Å². The van der Waals surface area contributed by atoms with E-state index in [1.54, 1.807) is 0 Å². The number of ether oxygens (including phenoxy) is 1. The van der Waals surface area contributed by atoms with Crippen molar-refractivity contribution in [2.24, 2.45) is 11.7 Å². The molecule has 0 aromatic carbocycles. The van der Waals surface area contributed by atoms with Crippen molar-refractivity contribution in [3.8, 4) is 5.88 Å². The maximum absolute atomic E-state index is 11.1. The molecule has 1 fully saturated rings. The number of nitrogens with zero attached hydrogens (tertiary/aromatic N) is 3. The molecular formula is C13H20N4O3. The van der Waals surface area contributed by atoms with Crippen LogP contribution in [0.2, 0.25) is 0 Å². The predicted octanol–water partition coefficient (Wildman–Crippen LogP) is 1.56. The average molecular weight is 280 g/mol. The summed E-state index contributed by atoms with van der Waals surface area (Å²) in [7, 11) is 1.50. The summed E-state index contributed by atoms with van der Waals surface area (Å²) in [6, 6.07) is 3.11. The van der Waals surface area contributed by atoms with E-state index in [9.17, 15) is 10.1 Å². The van der Waals surface area contributed by atoms with Gasteiger partial charge in [0.05, 0.1) is 12.0 Å². The van der Waals surface area contributed by atoms with Gasteiger partial charge in [0.25, 0.3) is 0 Å². The van der Waals surface area contributed by atoms with Crippen molar-refractivity contribution in [1.82, 2.24) is 4.98 Å². The highest BCUT2D eigenvalue weighted by Gasteiger charge is 2.27. The molecular weight excluding hydrogens is 260 g/mol. The molecule has 7 heteroatoms. The van der Waals surface area contributed by atoms with E-state index < -0.39 is 4.92 Å². The van der Waals surface area contributed by atoms with Gasteiger partial charge in [0, 0.05) is 31.3 Å². The maximum Gasteiger partial charge on any atom is 0.311 e. The van der Waals surface area contributed by atoms with E-state index >= 15 is 0 Å². The van der Waals surface area contributed by atoms with Crippen LogP contribution in [0.15, 0.2) is 12.1 Å². The number of hydrogen-bond acceptors (Lipinski definition) is 6. The molecule has 1 saturated heterocycles. The van der Waals surface area contributed by atoms with Crippen molar-refractivity contribution >= 4 is 11.5 Å². The largest absolute Gasteiger partial charge is 0.481 e. The van der Waals surface area contributed by atoms with Crippen molar-refractivity contribution < 1.29 is 9.66 Å². The zero-order valence-corrected chi connectivity index (χ0v) is 11.8. The number of piperidine rings is 1. The Morgan fingerprint density at radius 2 is 2.15 bits per heavy atom. The Balaban J connectivity index is 2.21. The second-order valence-electron chi connectivity index (χ2n) is 5.14. The Morgan fingerprint density at radius 1 is 1.50 bits per heavy atom. The van der Waals surface area contributed by atoms with Gasteiger partial charge in [-0.05, 0) is 25.7 Å². The van der Waals surface area contributed by atoms with Crippen molar-refractivity contribution in [3.05, 3.63) is 22.2 Å². The van der Waals surface area contributed by atoms with E-state index in [1.165, 1.54) is 19.2 Å². The number of pyridine rings is 1. The lowest BCUT2D eigenvalue weighted by Gasteiger charge is -2.34. The Morgan fingerprint density at radius 3 is 2.65 bits per heavy atom. The Hall–Kier alpha value is -1.89. The zero-order chi connectivity index (χ0) is 14.7. The van der Waals surface area contributed by atoms with E-state index in [-0.39, 0.29) is 11.7 Å². The van der Waals surface area contributed by atoms with Gasteiger partial charge in [-0.1, -0.05) is 0 Å². The highest BCUT2D eigenvalue weighted by Crippen LogP contribution is 2.31. The molecule has 1 aromatic heterocycles. The summed E-state index contributed by atoms with van der Waals surface area (Å²) < 4.78 is 5.06. The quantitative estimate of drug-likeness (QED) is 0.664. The number of anilines is 1. The van der Waals surface area contributed by atoms with Gasteiger partial charge in [-0.3, -0.25) is 10.1 Å². The molecule has 2 heterocycles. The molecule has 0 spiro atoms. The Bertz CT molecular complexity index is 485. The molecule has 1 atom stereocenters. The molecule has 1 aromatic rings. The second-order valence-corrected chi connectivity index (χ2v) is 5.14. The summed E-state index contributed by atoms with van der Waals surface area (Å²) in [6.07, 6.45) is 1.85. The van der Waals surface area contributed by atoms with Crippen LogP contribution in [0.1, 0.15) is 19.8 Å². The first kappa shape index (κ1) is 14.5. The van der Waals surface area contributed by atoms with Crippen LogP contribution in [0.3, 0.4) is 0 Å². The number of rotatable bonds is 4. The smallest absolute Gasteiger partial charge is 0.311 e. The van der Waals surface area contributed by atoms with Crippen LogP contribution < -0.4 is 15.4 Å². The molecule has 1 aliphatic heterocycles. The molecule has 0 saturated carbocycles. The van der Waals surface area contributed by atoms with Gasteiger partial charge in [0.15, 0.2) is 0 Å². The predicted molar refractivity (Wildman–Crippen MR) is 76.0 cm³/mol. The third kappa shape index (κ3) is 2.98. The first-order chi connectivity index (χ1) is 9.52. The molecule has 1 aliphatic rings. The van der Waals surface area contributed by atoms with Crippen molar-refractivity contribution in [2.45, 2.75) is 25.8 Å². The molecule has 0 amide bonds. The number of nitrogens with two attached hydrogens (primary N) is 1. The first-order valence-corrected chi connectivity index (χ1v) is 6.73. The van der Waals surface area contributed by atoms with Gasteiger partial charge in [-0.2, -0.15) is 4.98 Å². The highest BCUT2D eigenvalue weighted by molar-refractivity contribution is 5.59. The van der Waals surface area contributed by atoms with E-state index in [1.807, 2.05) is 11.8 Å². The van der Waals surface area contributed by atoms with Crippen LogP contribution in [-0.4, -0.2) is 36.1 Å². The summed E-state index contributed by atoms with van der Waals surface area (Å²) in [6.45, 7) is 3.47. The van der Waals surface area contributed by atoms with Crippen LogP contribution >= 0.6 is 0 Å². The monoisotopic (exact) mass is 280 g/mol. The Kier molecular flexibility index (Phi) is 4.39.